The lowest BCUT2D eigenvalue weighted by Crippen LogP contribution is -2.39. The summed E-state index contributed by atoms with van der Waals surface area (Å²) in [5, 5.41) is 60.7. The minimum absolute atomic E-state index is 0.0237. The average Bonchev–Trinajstić information content (AvgIpc) is 4.01. The number of aromatic nitrogens is 6. The molecule has 0 bridgehead atoms. The van der Waals surface area contributed by atoms with Crippen LogP contribution in [-0.2, 0) is 41.3 Å². The predicted octanol–water partition coefficient (Wildman–Crippen LogP) is 6.99. The summed E-state index contributed by atoms with van der Waals surface area (Å²) in [4.78, 5) is 57.3. The Labute approximate surface area is 378 Å². The summed E-state index contributed by atoms with van der Waals surface area (Å²) in [5.41, 5.74) is 1.94. The Morgan fingerprint density at radius 1 is 0.955 bits per heavy atom. The van der Waals surface area contributed by atoms with E-state index in [2.05, 4.69) is 14.8 Å². The van der Waals surface area contributed by atoms with Crippen molar-refractivity contribution in [1.82, 2.24) is 28.9 Å². The van der Waals surface area contributed by atoms with Crippen LogP contribution in [0.25, 0.3) is 50.3 Å². The Hall–Kier alpha value is -7.04. The van der Waals surface area contributed by atoms with Gasteiger partial charge in [0.2, 0.25) is 0 Å². The molecule has 0 amide bonds. The van der Waals surface area contributed by atoms with E-state index in [-0.39, 0.29) is 59.2 Å². The number of phenols is 2. The molecule has 0 spiro atoms. The number of hydrogen-bond donors (Lipinski definition) is 6. The van der Waals surface area contributed by atoms with Gasteiger partial charge in [0, 0.05) is 51.8 Å². The fourth-order valence-corrected chi connectivity index (χ4v) is 10.1. The number of ether oxygens (including phenoxy) is 1. The number of nitrogens with one attached hydrogen (secondary N) is 1. The predicted molar refractivity (Wildman–Crippen MR) is 246 cm³/mol. The molecule has 16 heteroatoms. The monoisotopic (exact) mass is 896 g/mol. The van der Waals surface area contributed by atoms with Crippen molar-refractivity contribution in [1.29, 1.82) is 0 Å². The van der Waals surface area contributed by atoms with E-state index in [9.17, 15) is 44.7 Å². The maximum absolute atomic E-state index is 13.7. The van der Waals surface area contributed by atoms with E-state index in [0.29, 0.717) is 64.6 Å². The number of carbonyl (C=O) groups excluding carboxylic acids is 1. The number of phenolic OH excluding ortho intramolecular Hbond substituents is 2. The van der Waals surface area contributed by atoms with E-state index in [4.69, 9.17) is 9.72 Å². The van der Waals surface area contributed by atoms with Gasteiger partial charge in [0.05, 0.1) is 47.2 Å². The Bertz CT molecular complexity index is 3210. The molecule has 1 saturated carbocycles. The van der Waals surface area contributed by atoms with Crippen molar-refractivity contribution in [2.45, 2.75) is 104 Å². The van der Waals surface area contributed by atoms with Crippen LogP contribution in [0.5, 0.6) is 17.2 Å². The van der Waals surface area contributed by atoms with Crippen molar-refractivity contribution in [2.24, 2.45) is 11.8 Å². The van der Waals surface area contributed by atoms with Crippen LogP contribution in [0.15, 0.2) is 76.4 Å². The molecule has 1 fully saturated rings. The summed E-state index contributed by atoms with van der Waals surface area (Å²) in [6.45, 7) is 7.53. The molecule has 9 rings (SSSR count). The fraction of sp³-hybridized carbons (Fsp3) is 0.360. The highest BCUT2D eigenvalue weighted by Gasteiger charge is 2.41. The van der Waals surface area contributed by atoms with Crippen molar-refractivity contribution < 1.29 is 39.9 Å². The van der Waals surface area contributed by atoms with Crippen LogP contribution in [0.3, 0.4) is 0 Å². The molecular weight excluding hydrogens is 845 g/mol. The van der Waals surface area contributed by atoms with E-state index in [1.54, 1.807) is 24.3 Å². The molecule has 1 atom stereocenters. The number of carboxylic acid groups (broad SMARTS) is 1. The lowest BCUT2D eigenvalue weighted by atomic mass is 9.80. The van der Waals surface area contributed by atoms with Crippen LogP contribution in [0.2, 0.25) is 0 Å². The first-order valence-electron chi connectivity index (χ1n) is 22.5. The van der Waals surface area contributed by atoms with Gasteiger partial charge in [-0.2, -0.15) is 5.10 Å². The molecule has 16 nitrogen and oxygen atoms in total. The number of aliphatic hydroxyl groups is 2. The molecule has 6 N–H and O–H groups in total. The van der Waals surface area contributed by atoms with Crippen molar-refractivity contribution in [3.63, 3.8) is 0 Å². The molecule has 4 aromatic heterocycles. The Morgan fingerprint density at radius 2 is 1.73 bits per heavy atom. The summed E-state index contributed by atoms with van der Waals surface area (Å²) >= 11 is 0. The molecule has 1 aliphatic heterocycles. The number of hydrogen-bond acceptors (Lipinski definition) is 11. The number of fused-ring (bicyclic) bond motifs is 5. The molecule has 0 saturated heterocycles. The first-order chi connectivity index (χ1) is 31.6. The number of aliphatic carboxylic acids is 1. The third kappa shape index (κ3) is 7.43. The van der Waals surface area contributed by atoms with Gasteiger partial charge < -0.3 is 39.4 Å². The average molecular weight is 897 g/mol. The van der Waals surface area contributed by atoms with Gasteiger partial charge >= 0.3 is 17.6 Å². The van der Waals surface area contributed by atoms with E-state index in [1.807, 2.05) is 51.2 Å². The molecule has 2 aliphatic rings. The van der Waals surface area contributed by atoms with E-state index < -0.39 is 29.4 Å². The van der Waals surface area contributed by atoms with Gasteiger partial charge in [-0.3, -0.25) is 9.59 Å². The Balaban J connectivity index is 0.857. The first kappa shape index (κ1) is 44.2. The van der Waals surface area contributed by atoms with Crippen molar-refractivity contribution >= 4 is 33.7 Å². The van der Waals surface area contributed by atoms with Crippen LogP contribution in [0.1, 0.15) is 100.0 Å². The van der Waals surface area contributed by atoms with Gasteiger partial charge in [0.1, 0.15) is 17.2 Å². The molecule has 0 radical (unpaired) electrons. The molecule has 342 valence electrons. The van der Waals surface area contributed by atoms with Gasteiger partial charge in [-0.25, -0.2) is 24.2 Å². The van der Waals surface area contributed by atoms with Gasteiger partial charge in [-0.15, -0.1) is 0 Å². The van der Waals surface area contributed by atoms with Crippen LogP contribution in [-0.4, -0.2) is 66.4 Å². The van der Waals surface area contributed by atoms with Gasteiger partial charge in [0.25, 0.3) is 5.56 Å². The molecular formula is C50H52N6O10. The minimum atomic E-state index is -2.37. The van der Waals surface area contributed by atoms with Crippen LogP contribution < -0.4 is 16.0 Å². The number of nitrogens with zero attached hydrogens (tertiary/aromatic N) is 5. The Morgan fingerprint density at radius 3 is 2.42 bits per heavy atom. The summed E-state index contributed by atoms with van der Waals surface area (Å²) in [6.07, 6.45) is 6.50. The largest absolute Gasteiger partial charge is 0.508 e. The molecule has 7 aromatic rings. The van der Waals surface area contributed by atoms with Crippen molar-refractivity contribution in [2.75, 3.05) is 0 Å². The number of carboxylic acids is 1. The number of aliphatic hydroxyl groups excluding tert-OH is 1. The summed E-state index contributed by atoms with van der Waals surface area (Å²) in [7, 11) is 0. The maximum Gasteiger partial charge on any atom is 0.348 e. The molecule has 0 unspecified atom stereocenters. The summed E-state index contributed by atoms with van der Waals surface area (Å²) in [6, 6.07) is 17.4. The van der Waals surface area contributed by atoms with E-state index in [1.165, 1.54) is 28.2 Å². The standard InChI is InChI=1S/C50H52N6O10/c1-5-32-34-20-31(12-13-39(34)51-44-36(32)24-55-41(44)22-38(37(25-57)46(55)60)50(65,6-2)48(62)63)66-47(61)28-9-7-27(8-10-28)15-17-54-18-16-29-19-30(11-14-40(29)54)56-45(52-53-49(56)64)35-21-33(26(3)4)42(58)23-43(35)59/h11-14,16,18-23,26-28,57-59,65H,5-10,15,17,24-25H2,1-4H3,(H,53,64)(H,62,63)/t27?,28?,50-/m0/s1. The Kier molecular flexibility index (Phi) is 11.4. The van der Waals surface area contributed by atoms with Crippen LogP contribution in [0, 0.1) is 11.8 Å². The molecule has 3 aromatic carbocycles. The highest BCUT2D eigenvalue weighted by atomic mass is 16.5. The SMILES string of the molecule is CCc1c2c(nc3ccc(OC(=O)C4CCC(CCn5ccc6cc(-n7c(-c8cc(C(C)C)c(O)cc8O)n[nH]c7=O)ccc65)CC4)cc13)-c1cc([C@@](O)(CC)C(=O)O)c(CO)c(=O)n1C2. The lowest BCUT2D eigenvalue weighted by molar-refractivity contribution is -0.160. The zero-order valence-electron chi connectivity index (χ0n) is 37.2. The molecule has 66 heavy (non-hydrogen) atoms. The zero-order valence-corrected chi connectivity index (χ0v) is 37.2. The second-order valence-corrected chi connectivity index (χ2v) is 17.9. The fourth-order valence-electron chi connectivity index (χ4n) is 10.1. The molecule has 5 heterocycles. The maximum atomic E-state index is 13.7. The van der Waals surface area contributed by atoms with Crippen molar-refractivity contribution in [3.05, 3.63) is 116 Å². The number of aryl methyl sites for hydroxylation is 2. The number of aromatic hydroxyl groups is 2. The summed E-state index contributed by atoms with van der Waals surface area (Å²) in [5.74, 6) is -1.22. The highest BCUT2D eigenvalue weighted by molar-refractivity contribution is 5.90. The smallest absolute Gasteiger partial charge is 0.348 e. The number of rotatable bonds is 13. The number of carbonyl (C=O) groups is 2. The second kappa shape index (κ2) is 17.1. The van der Waals surface area contributed by atoms with Gasteiger partial charge in [-0.1, -0.05) is 27.7 Å². The normalized spacial score (nSPS) is 16.7. The number of aromatic amines is 1. The van der Waals surface area contributed by atoms with E-state index in [0.717, 1.165) is 53.2 Å². The van der Waals surface area contributed by atoms with Gasteiger partial charge in [-0.05, 0) is 123 Å². The van der Waals surface area contributed by atoms with Crippen LogP contribution in [0.4, 0.5) is 0 Å². The first-order valence-corrected chi connectivity index (χ1v) is 22.5. The molecule has 1 aliphatic carbocycles. The van der Waals surface area contributed by atoms with Crippen LogP contribution >= 0.6 is 0 Å². The zero-order chi connectivity index (χ0) is 46.8. The van der Waals surface area contributed by atoms with Crippen molar-refractivity contribution in [3.8, 4) is 45.7 Å². The highest BCUT2D eigenvalue weighted by Crippen LogP contribution is 2.41. The number of esters is 1. The third-order valence-electron chi connectivity index (χ3n) is 13.8. The number of H-pyrrole nitrogens is 1. The number of pyridine rings is 2. The van der Waals surface area contributed by atoms with Gasteiger partial charge in [0.15, 0.2) is 11.4 Å². The van der Waals surface area contributed by atoms with E-state index >= 15 is 0 Å². The summed E-state index contributed by atoms with van der Waals surface area (Å²) < 4.78 is 11.1. The minimum Gasteiger partial charge on any atom is -0.508 e. The lowest BCUT2D eigenvalue weighted by Gasteiger charge is -2.27. The number of benzene rings is 3. The third-order valence-corrected chi connectivity index (χ3v) is 13.8. The second-order valence-electron chi connectivity index (χ2n) is 17.9. The topological polar surface area (TPSA) is 235 Å². The quantitative estimate of drug-likeness (QED) is 0.0507.